The van der Waals surface area contributed by atoms with Crippen molar-refractivity contribution in [3.8, 4) is 0 Å². The summed E-state index contributed by atoms with van der Waals surface area (Å²) in [6, 6.07) is 6.84. The molecule has 0 spiro atoms. The van der Waals surface area contributed by atoms with E-state index >= 15 is 0 Å². The molecular formula is C16H21N3O4S. The van der Waals surface area contributed by atoms with E-state index in [1.54, 1.807) is 37.4 Å². The van der Waals surface area contributed by atoms with Gasteiger partial charge in [0, 0.05) is 31.8 Å². The molecule has 1 fully saturated rings. The minimum atomic E-state index is -3.35. The van der Waals surface area contributed by atoms with E-state index in [4.69, 9.17) is 0 Å². The minimum absolute atomic E-state index is 0.171. The van der Waals surface area contributed by atoms with Crippen LogP contribution in [0.15, 0.2) is 30.3 Å². The Kier molecular flexibility index (Phi) is 5.74. The fraction of sp³-hybridized carbons (Fsp3) is 0.375. The van der Waals surface area contributed by atoms with Crippen molar-refractivity contribution in [2.24, 2.45) is 0 Å². The van der Waals surface area contributed by atoms with Gasteiger partial charge in [0.2, 0.25) is 15.9 Å². The number of sulfonamides is 1. The fourth-order valence-electron chi connectivity index (χ4n) is 2.51. The Bertz CT molecular complexity index is 741. The first-order valence-electron chi connectivity index (χ1n) is 7.59. The van der Waals surface area contributed by atoms with Gasteiger partial charge in [0.15, 0.2) is 0 Å². The number of nitrogens with zero attached hydrogens (tertiary/aromatic N) is 1. The van der Waals surface area contributed by atoms with E-state index < -0.39 is 15.3 Å². The molecule has 0 radical (unpaired) electrons. The number of nitrogens with one attached hydrogen (secondary N) is 2. The summed E-state index contributed by atoms with van der Waals surface area (Å²) in [7, 11) is -0.414. The molecule has 8 heteroatoms. The second-order valence-corrected chi connectivity index (χ2v) is 7.64. The van der Waals surface area contributed by atoms with Crippen molar-refractivity contribution in [2.75, 3.05) is 27.2 Å². The number of amides is 2. The van der Waals surface area contributed by atoms with E-state index in [1.807, 2.05) is 0 Å². The Morgan fingerprint density at radius 3 is 2.46 bits per heavy atom. The van der Waals surface area contributed by atoms with Crippen LogP contribution in [0.4, 0.5) is 0 Å². The molecule has 1 unspecified atom stereocenters. The third-order valence-electron chi connectivity index (χ3n) is 4.00. The van der Waals surface area contributed by atoms with E-state index in [0.717, 1.165) is 5.56 Å². The van der Waals surface area contributed by atoms with Crippen LogP contribution >= 0.6 is 0 Å². The Morgan fingerprint density at radius 2 is 1.88 bits per heavy atom. The highest BCUT2D eigenvalue weighted by Gasteiger charge is 2.33. The van der Waals surface area contributed by atoms with Crippen LogP contribution in [0.2, 0.25) is 0 Å². The van der Waals surface area contributed by atoms with E-state index in [9.17, 15) is 18.0 Å². The molecule has 1 atom stereocenters. The molecule has 2 N–H and O–H groups in total. The van der Waals surface area contributed by atoms with Gasteiger partial charge in [-0.05, 0) is 37.2 Å². The fourth-order valence-corrected chi connectivity index (χ4v) is 3.64. The first-order valence-corrected chi connectivity index (χ1v) is 9.13. The Labute approximate surface area is 141 Å². The molecule has 7 nitrogen and oxygen atoms in total. The van der Waals surface area contributed by atoms with Gasteiger partial charge in [0.05, 0.1) is 5.25 Å². The third-order valence-corrected chi connectivity index (χ3v) is 5.83. The van der Waals surface area contributed by atoms with Crippen molar-refractivity contribution in [3.63, 3.8) is 0 Å². The summed E-state index contributed by atoms with van der Waals surface area (Å²) in [5.74, 6) is -0.394. The van der Waals surface area contributed by atoms with Gasteiger partial charge in [-0.1, -0.05) is 12.1 Å². The molecule has 1 aromatic carbocycles. The number of hydrogen-bond donors (Lipinski definition) is 2. The molecule has 1 aliphatic heterocycles. The summed E-state index contributed by atoms with van der Waals surface area (Å²) in [6.45, 7) is 0.617. The zero-order chi connectivity index (χ0) is 17.7. The average Bonchev–Trinajstić information content (AvgIpc) is 3.10. The van der Waals surface area contributed by atoms with Crippen LogP contribution in [0.25, 0.3) is 6.08 Å². The van der Waals surface area contributed by atoms with Gasteiger partial charge in [0.25, 0.3) is 5.91 Å². The lowest BCUT2D eigenvalue weighted by molar-refractivity contribution is -0.124. The molecule has 0 bridgehead atoms. The number of hydrogen-bond acceptors (Lipinski definition) is 4. The maximum absolute atomic E-state index is 12.2. The SMILES string of the molecule is CNC(=O)c1ccc(/C=C/C(=O)N2CCC(S(=O)(=O)NC)C2)cc1. The summed E-state index contributed by atoms with van der Waals surface area (Å²) >= 11 is 0. The van der Waals surface area contributed by atoms with Crippen molar-refractivity contribution in [2.45, 2.75) is 11.7 Å². The Morgan fingerprint density at radius 1 is 1.21 bits per heavy atom. The highest BCUT2D eigenvalue weighted by atomic mass is 32.2. The van der Waals surface area contributed by atoms with Gasteiger partial charge in [-0.25, -0.2) is 13.1 Å². The lowest BCUT2D eigenvalue weighted by Crippen LogP contribution is -2.35. The number of carbonyl (C=O) groups excluding carboxylic acids is 2. The molecule has 0 aliphatic carbocycles. The molecule has 1 aromatic rings. The molecule has 130 valence electrons. The summed E-state index contributed by atoms with van der Waals surface area (Å²) in [5, 5.41) is 1.97. The number of rotatable bonds is 5. The number of carbonyl (C=O) groups is 2. The van der Waals surface area contributed by atoms with Gasteiger partial charge >= 0.3 is 0 Å². The second kappa shape index (κ2) is 7.59. The van der Waals surface area contributed by atoms with Crippen molar-refractivity contribution in [3.05, 3.63) is 41.5 Å². The lowest BCUT2D eigenvalue weighted by atomic mass is 10.1. The third kappa shape index (κ3) is 4.21. The molecule has 1 aliphatic rings. The molecule has 1 heterocycles. The van der Waals surface area contributed by atoms with E-state index in [0.29, 0.717) is 18.5 Å². The van der Waals surface area contributed by atoms with Crippen LogP contribution in [0, 0.1) is 0 Å². The normalized spacial score (nSPS) is 18.1. The van der Waals surface area contributed by atoms with Crippen LogP contribution in [0.5, 0.6) is 0 Å². The zero-order valence-corrected chi connectivity index (χ0v) is 14.5. The van der Waals surface area contributed by atoms with Crippen molar-refractivity contribution >= 4 is 27.9 Å². The van der Waals surface area contributed by atoms with Crippen LogP contribution in [-0.4, -0.2) is 57.6 Å². The van der Waals surface area contributed by atoms with E-state index in [1.165, 1.54) is 18.0 Å². The predicted molar refractivity (Wildman–Crippen MR) is 91.8 cm³/mol. The highest BCUT2D eigenvalue weighted by Crippen LogP contribution is 2.16. The highest BCUT2D eigenvalue weighted by molar-refractivity contribution is 7.90. The second-order valence-electron chi connectivity index (χ2n) is 5.48. The van der Waals surface area contributed by atoms with Crippen LogP contribution in [-0.2, 0) is 14.8 Å². The van der Waals surface area contributed by atoms with Crippen LogP contribution < -0.4 is 10.0 Å². The first kappa shape index (κ1) is 18.2. The van der Waals surface area contributed by atoms with Crippen molar-refractivity contribution in [1.29, 1.82) is 0 Å². The lowest BCUT2D eigenvalue weighted by Gasteiger charge is -2.14. The quantitative estimate of drug-likeness (QED) is 0.741. The standard InChI is InChI=1S/C16H21N3O4S/c1-17-16(21)13-6-3-12(4-7-13)5-8-15(20)19-10-9-14(11-19)24(22,23)18-2/h3-8,14,18H,9-11H2,1-2H3,(H,17,21)/b8-5+. The topological polar surface area (TPSA) is 95.6 Å². The predicted octanol–water partition coefficient (Wildman–Crippen LogP) is 0.210. The molecule has 0 aromatic heterocycles. The smallest absolute Gasteiger partial charge is 0.251 e. The maximum atomic E-state index is 12.2. The molecule has 2 rings (SSSR count). The summed E-state index contributed by atoms with van der Waals surface area (Å²) < 4.78 is 25.8. The summed E-state index contributed by atoms with van der Waals surface area (Å²) in [4.78, 5) is 25.1. The van der Waals surface area contributed by atoms with Crippen LogP contribution in [0.1, 0.15) is 22.3 Å². The molecule has 24 heavy (non-hydrogen) atoms. The minimum Gasteiger partial charge on any atom is -0.355 e. The Hall–Kier alpha value is -2.19. The Balaban J connectivity index is 1.97. The summed E-state index contributed by atoms with van der Waals surface area (Å²) in [5.41, 5.74) is 1.33. The van der Waals surface area contributed by atoms with Crippen molar-refractivity contribution in [1.82, 2.24) is 14.9 Å². The number of benzene rings is 1. The van der Waals surface area contributed by atoms with Crippen LogP contribution in [0.3, 0.4) is 0 Å². The molecular weight excluding hydrogens is 330 g/mol. The van der Waals surface area contributed by atoms with Gasteiger partial charge in [-0.2, -0.15) is 0 Å². The molecule has 2 amide bonds. The van der Waals surface area contributed by atoms with Gasteiger partial charge < -0.3 is 10.2 Å². The average molecular weight is 351 g/mol. The van der Waals surface area contributed by atoms with E-state index in [2.05, 4.69) is 10.0 Å². The maximum Gasteiger partial charge on any atom is 0.251 e. The number of likely N-dealkylation sites (tertiary alicyclic amines) is 1. The molecule has 0 saturated carbocycles. The first-order chi connectivity index (χ1) is 11.4. The van der Waals surface area contributed by atoms with Gasteiger partial charge in [0.1, 0.15) is 0 Å². The van der Waals surface area contributed by atoms with Gasteiger partial charge in [-0.3, -0.25) is 9.59 Å². The van der Waals surface area contributed by atoms with E-state index in [-0.39, 0.29) is 18.4 Å². The van der Waals surface area contributed by atoms with Gasteiger partial charge in [-0.15, -0.1) is 0 Å². The largest absolute Gasteiger partial charge is 0.355 e. The van der Waals surface area contributed by atoms with Crippen molar-refractivity contribution < 1.29 is 18.0 Å². The molecule has 1 saturated heterocycles. The zero-order valence-electron chi connectivity index (χ0n) is 13.7. The summed E-state index contributed by atoms with van der Waals surface area (Å²) in [6.07, 6.45) is 3.50. The monoisotopic (exact) mass is 351 g/mol.